The van der Waals surface area contributed by atoms with Gasteiger partial charge < -0.3 is 4.42 Å². The molecular formula is C41H28N2OS. The topological polar surface area (TPSA) is 30.4 Å². The van der Waals surface area contributed by atoms with Crippen LogP contribution in [-0.2, 0) is 0 Å². The fourth-order valence-corrected chi connectivity index (χ4v) is 7.11. The number of nitrogens with zero attached hydrogens (tertiary/aromatic N) is 2. The summed E-state index contributed by atoms with van der Waals surface area (Å²) in [6, 6.07) is 49.3. The lowest BCUT2D eigenvalue weighted by Gasteiger charge is -2.23. The lowest BCUT2D eigenvalue weighted by atomic mass is 9.92. The first-order valence-electron chi connectivity index (χ1n) is 15.3. The highest BCUT2D eigenvalue weighted by Gasteiger charge is 2.23. The maximum Gasteiger partial charge on any atom is 0.135 e. The number of rotatable bonds is 3. The molecule has 0 aliphatic carbocycles. The second-order valence-corrected chi connectivity index (χ2v) is 12.2. The van der Waals surface area contributed by atoms with E-state index in [1.807, 2.05) is 18.2 Å². The van der Waals surface area contributed by atoms with Crippen LogP contribution in [0.1, 0.15) is 23.6 Å². The number of fused-ring (bicyclic) bond motifs is 6. The molecule has 3 heterocycles. The van der Waals surface area contributed by atoms with Gasteiger partial charge in [0.15, 0.2) is 0 Å². The highest BCUT2D eigenvalue weighted by molar-refractivity contribution is 7.80. The SMILES string of the molecule is Sc1cccc(C2CC(c3ccccc3)=CC(n3c4ccccc4c4cc(-c5ccc6oc7ccccc7c6c5)ccc43)=N2)c1. The van der Waals surface area contributed by atoms with Crippen LogP contribution < -0.4 is 0 Å². The molecule has 1 atom stereocenters. The maximum absolute atomic E-state index is 6.10. The van der Waals surface area contributed by atoms with Crippen LogP contribution >= 0.6 is 12.6 Å². The number of aliphatic imine (C=N–C) groups is 1. The average molecular weight is 597 g/mol. The third-order valence-electron chi connectivity index (χ3n) is 9.02. The van der Waals surface area contributed by atoms with E-state index in [0.717, 1.165) is 50.1 Å². The van der Waals surface area contributed by atoms with Crippen molar-refractivity contribution in [2.45, 2.75) is 17.4 Å². The van der Waals surface area contributed by atoms with Gasteiger partial charge in [-0.1, -0.05) is 91.0 Å². The molecule has 0 spiro atoms. The van der Waals surface area contributed by atoms with Crippen LogP contribution in [0.2, 0.25) is 0 Å². The summed E-state index contributed by atoms with van der Waals surface area (Å²) in [7, 11) is 0. The molecule has 0 amide bonds. The van der Waals surface area contributed by atoms with E-state index in [1.165, 1.54) is 38.6 Å². The number of furan rings is 1. The minimum absolute atomic E-state index is 0.0145. The number of dihydropyridines is 1. The van der Waals surface area contributed by atoms with Crippen molar-refractivity contribution in [1.29, 1.82) is 0 Å². The normalized spacial score (nSPS) is 15.2. The molecule has 4 heteroatoms. The fourth-order valence-electron chi connectivity index (χ4n) is 6.87. The Kier molecular flexibility index (Phi) is 6.03. The zero-order valence-electron chi connectivity index (χ0n) is 24.4. The fraction of sp³-hybridized carbons (Fsp3) is 0.0488. The van der Waals surface area contributed by atoms with Gasteiger partial charge in [0.2, 0.25) is 0 Å². The van der Waals surface area contributed by atoms with E-state index in [2.05, 4.69) is 145 Å². The van der Waals surface area contributed by atoms with Gasteiger partial charge in [0.1, 0.15) is 17.0 Å². The highest BCUT2D eigenvalue weighted by Crippen LogP contribution is 2.39. The van der Waals surface area contributed by atoms with Gasteiger partial charge in [-0.25, -0.2) is 0 Å². The Labute approximate surface area is 266 Å². The van der Waals surface area contributed by atoms with Crippen molar-refractivity contribution in [3.8, 4) is 11.1 Å². The molecule has 0 bridgehead atoms. The first kappa shape index (κ1) is 26.1. The number of thiol groups is 1. The Bertz CT molecular complexity index is 2480. The molecule has 2 aromatic heterocycles. The largest absolute Gasteiger partial charge is 0.456 e. The van der Waals surface area contributed by atoms with Gasteiger partial charge in [-0.3, -0.25) is 9.56 Å². The molecule has 0 fully saturated rings. The molecule has 0 saturated heterocycles. The third-order valence-corrected chi connectivity index (χ3v) is 9.29. The molecule has 45 heavy (non-hydrogen) atoms. The lowest BCUT2D eigenvalue weighted by molar-refractivity contribution is 0.669. The zero-order chi connectivity index (χ0) is 29.9. The number of hydrogen-bond acceptors (Lipinski definition) is 3. The van der Waals surface area contributed by atoms with E-state index in [4.69, 9.17) is 9.41 Å². The van der Waals surface area contributed by atoms with Gasteiger partial charge in [0.05, 0.1) is 17.1 Å². The van der Waals surface area contributed by atoms with E-state index in [0.29, 0.717) is 0 Å². The van der Waals surface area contributed by atoms with Crippen LogP contribution in [0.15, 0.2) is 160 Å². The monoisotopic (exact) mass is 596 g/mol. The predicted octanol–water partition coefficient (Wildman–Crippen LogP) is 11.1. The number of hydrogen-bond donors (Lipinski definition) is 1. The van der Waals surface area contributed by atoms with Crippen LogP contribution in [0.25, 0.3) is 60.4 Å². The van der Waals surface area contributed by atoms with Crippen LogP contribution in [0.4, 0.5) is 0 Å². The molecule has 0 radical (unpaired) electrons. The number of benzene rings is 6. The van der Waals surface area contributed by atoms with Crippen LogP contribution in [-0.4, -0.2) is 10.4 Å². The Morgan fingerprint density at radius 2 is 1.29 bits per heavy atom. The van der Waals surface area contributed by atoms with Crippen LogP contribution in [0.3, 0.4) is 0 Å². The molecule has 6 aromatic carbocycles. The summed E-state index contributed by atoms with van der Waals surface area (Å²) >= 11 is 4.64. The molecule has 8 aromatic rings. The van der Waals surface area contributed by atoms with Gasteiger partial charge in [-0.15, -0.1) is 12.6 Å². The van der Waals surface area contributed by atoms with Crippen molar-refractivity contribution in [2.75, 3.05) is 0 Å². The molecule has 0 saturated carbocycles. The molecular weight excluding hydrogens is 569 g/mol. The summed E-state index contributed by atoms with van der Waals surface area (Å²) in [6.07, 6.45) is 3.10. The summed E-state index contributed by atoms with van der Waals surface area (Å²) in [5.74, 6) is 0.944. The zero-order valence-corrected chi connectivity index (χ0v) is 25.3. The Morgan fingerprint density at radius 3 is 2.16 bits per heavy atom. The van der Waals surface area contributed by atoms with E-state index in [9.17, 15) is 0 Å². The lowest BCUT2D eigenvalue weighted by Crippen LogP contribution is -2.16. The van der Waals surface area contributed by atoms with Gasteiger partial charge in [0.25, 0.3) is 0 Å². The Morgan fingerprint density at radius 1 is 0.578 bits per heavy atom. The van der Waals surface area contributed by atoms with Gasteiger partial charge >= 0.3 is 0 Å². The van der Waals surface area contributed by atoms with Crippen LogP contribution in [0, 0.1) is 0 Å². The average Bonchev–Trinajstić information content (AvgIpc) is 3.63. The van der Waals surface area contributed by atoms with Gasteiger partial charge in [-0.2, -0.15) is 0 Å². The summed E-state index contributed by atoms with van der Waals surface area (Å²) in [6.45, 7) is 0. The Balaban J connectivity index is 1.24. The van der Waals surface area contributed by atoms with E-state index >= 15 is 0 Å². The van der Waals surface area contributed by atoms with Crippen molar-refractivity contribution in [3.05, 3.63) is 157 Å². The molecule has 1 aliphatic rings. The van der Waals surface area contributed by atoms with E-state index < -0.39 is 0 Å². The summed E-state index contributed by atoms with van der Waals surface area (Å²) in [4.78, 5) is 6.36. The number of allylic oxidation sites excluding steroid dienone is 1. The molecule has 3 nitrogen and oxygen atoms in total. The summed E-state index contributed by atoms with van der Waals surface area (Å²) < 4.78 is 8.44. The minimum Gasteiger partial charge on any atom is -0.456 e. The van der Waals surface area contributed by atoms with E-state index in [1.54, 1.807) is 0 Å². The molecule has 9 rings (SSSR count). The number of para-hydroxylation sites is 2. The van der Waals surface area contributed by atoms with Gasteiger partial charge in [-0.05, 0) is 88.9 Å². The molecule has 1 unspecified atom stereocenters. The third kappa shape index (κ3) is 4.41. The molecule has 214 valence electrons. The number of aromatic nitrogens is 1. The van der Waals surface area contributed by atoms with Crippen molar-refractivity contribution in [3.63, 3.8) is 0 Å². The van der Waals surface area contributed by atoms with Crippen molar-refractivity contribution in [1.82, 2.24) is 4.57 Å². The highest BCUT2D eigenvalue weighted by atomic mass is 32.1. The predicted molar refractivity (Wildman–Crippen MR) is 190 cm³/mol. The molecule has 1 aliphatic heterocycles. The quantitative estimate of drug-likeness (QED) is 0.202. The van der Waals surface area contributed by atoms with E-state index in [-0.39, 0.29) is 6.04 Å². The second kappa shape index (κ2) is 10.4. The smallest absolute Gasteiger partial charge is 0.135 e. The van der Waals surface area contributed by atoms with Gasteiger partial charge in [0, 0.05) is 26.4 Å². The van der Waals surface area contributed by atoms with Crippen LogP contribution in [0.5, 0.6) is 0 Å². The second-order valence-electron chi connectivity index (χ2n) is 11.7. The first-order chi connectivity index (χ1) is 22.2. The maximum atomic E-state index is 6.10. The summed E-state index contributed by atoms with van der Waals surface area (Å²) in [5, 5.41) is 4.69. The minimum atomic E-state index is -0.0145. The van der Waals surface area contributed by atoms with Crippen molar-refractivity contribution >= 4 is 67.8 Å². The Hall–Kier alpha value is -5.32. The first-order valence-corrected chi connectivity index (χ1v) is 15.7. The summed E-state index contributed by atoms with van der Waals surface area (Å²) in [5.41, 5.74) is 10.1. The van der Waals surface area contributed by atoms with Crippen molar-refractivity contribution < 1.29 is 4.42 Å². The van der Waals surface area contributed by atoms with Crippen molar-refractivity contribution in [2.24, 2.45) is 4.99 Å². The molecule has 0 N–H and O–H groups in total. The standard InChI is InChI=1S/C41H28N2OS/c45-31-12-8-11-29(21-31)36-24-30(26-9-2-1-3-10-26)25-41(42-36)43-37-15-6-4-13-32(37)34-22-27(17-19-38(34)43)28-18-20-40-35(23-28)33-14-5-7-16-39(33)44-40/h1-23,25,36,45H,24H2.